The number of aromatic nitrogens is 1. The molecule has 0 N–H and O–H groups in total. The van der Waals surface area contributed by atoms with Gasteiger partial charge < -0.3 is 4.90 Å². The van der Waals surface area contributed by atoms with E-state index in [1.54, 1.807) is 11.3 Å². The summed E-state index contributed by atoms with van der Waals surface area (Å²) in [6.45, 7) is 0. The maximum atomic E-state index is 4.38. The first kappa shape index (κ1) is 10.6. The highest BCUT2D eigenvalue weighted by molar-refractivity contribution is 9.10. The number of rotatable bonds is 2. The molecule has 0 bridgehead atoms. The van der Waals surface area contributed by atoms with E-state index in [2.05, 4.69) is 50.1 Å². The number of hydrogen-bond acceptors (Lipinski definition) is 3. The lowest BCUT2D eigenvalue weighted by Gasteiger charge is -2.11. The van der Waals surface area contributed by atoms with Crippen molar-refractivity contribution in [1.29, 1.82) is 0 Å². The number of hydrogen-bond donors (Lipinski definition) is 0. The van der Waals surface area contributed by atoms with Crippen LogP contribution >= 0.6 is 27.3 Å². The quantitative estimate of drug-likeness (QED) is 0.836. The lowest BCUT2D eigenvalue weighted by atomic mass is 10.2. The highest BCUT2D eigenvalue weighted by Gasteiger charge is 2.03. The van der Waals surface area contributed by atoms with E-state index in [0.717, 1.165) is 15.2 Å². The topological polar surface area (TPSA) is 16.1 Å². The summed E-state index contributed by atoms with van der Waals surface area (Å²) in [7, 11) is 4.07. The third-order valence-corrected chi connectivity index (χ3v) is 3.71. The molecule has 2 nitrogen and oxygen atoms in total. The van der Waals surface area contributed by atoms with Crippen molar-refractivity contribution in [2.75, 3.05) is 19.0 Å². The van der Waals surface area contributed by atoms with E-state index >= 15 is 0 Å². The van der Waals surface area contributed by atoms with Gasteiger partial charge in [0.2, 0.25) is 0 Å². The first-order valence-electron chi connectivity index (χ1n) is 4.55. The van der Waals surface area contributed by atoms with Gasteiger partial charge in [-0.15, -0.1) is 11.3 Å². The van der Waals surface area contributed by atoms with E-state index in [-0.39, 0.29) is 0 Å². The van der Waals surface area contributed by atoms with Crippen molar-refractivity contribution in [3.63, 3.8) is 0 Å². The van der Waals surface area contributed by atoms with Crippen LogP contribution in [0.1, 0.15) is 0 Å². The van der Waals surface area contributed by atoms with Crippen molar-refractivity contribution in [2.45, 2.75) is 0 Å². The van der Waals surface area contributed by atoms with Crippen molar-refractivity contribution in [3.05, 3.63) is 34.2 Å². The molecular formula is C11H11BrN2S. The molecule has 15 heavy (non-hydrogen) atoms. The summed E-state index contributed by atoms with van der Waals surface area (Å²) < 4.78 is 0.902. The first-order chi connectivity index (χ1) is 7.16. The average Bonchev–Trinajstić information content (AvgIpc) is 2.65. The highest BCUT2D eigenvalue weighted by Crippen LogP contribution is 2.27. The fourth-order valence-corrected chi connectivity index (χ4v) is 2.55. The fourth-order valence-electron chi connectivity index (χ4n) is 1.29. The predicted molar refractivity (Wildman–Crippen MR) is 69.6 cm³/mol. The number of thiazole rings is 1. The number of anilines is 1. The smallest absolute Gasteiger partial charge is 0.124 e. The molecule has 0 unspecified atom stereocenters. The molecule has 0 aliphatic rings. The van der Waals surface area contributed by atoms with E-state index in [9.17, 15) is 0 Å². The van der Waals surface area contributed by atoms with Crippen LogP contribution in [0.4, 0.5) is 5.69 Å². The van der Waals surface area contributed by atoms with E-state index in [4.69, 9.17) is 0 Å². The molecule has 2 rings (SSSR count). The lowest BCUT2D eigenvalue weighted by Crippen LogP contribution is -2.07. The zero-order chi connectivity index (χ0) is 10.8. The van der Waals surface area contributed by atoms with Gasteiger partial charge in [0.1, 0.15) is 9.61 Å². The Morgan fingerprint density at radius 2 is 1.87 bits per heavy atom. The Morgan fingerprint density at radius 1 is 1.20 bits per heavy atom. The molecule has 0 fully saturated rings. The van der Waals surface area contributed by atoms with Crippen molar-refractivity contribution >= 4 is 33.0 Å². The van der Waals surface area contributed by atoms with Gasteiger partial charge in [0.25, 0.3) is 0 Å². The van der Waals surface area contributed by atoms with Crippen molar-refractivity contribution in [1.82, 2.24) is 4.98 Å². The van der Waals surface area contributed by atoms with Crippen molar-refractivity contribution in [3.8, 4) is 10.6 Å². The molecule has 0 aliphatic carbocycles. The maximum absolute atomic E-state index is 4.38. The second kappa shape index (κ2) is 4.33. The number of nitrogens with zero attached hydrogens (tertiary/aromatic N) is 2. The summed E-state index contributed by atoms with van der Waals surface area (Å²) in [6, 6.07) is 8.40. The summed E-state index contributed by atoms with van der Waals surface area (Å²) >= 11 is 5.00. The third kappa shape index (κ3) is 2.38. The van der Waals surface area contributed by atoms with Crippen molar-refractivity contribution < 1.29 is 0 Å². The molecule has 0 saturated heterocycles. The van der Waals surface area contributed by atoms with Gasteiger partial charge >= 0.3 is 0 Å². The molecule has 1 aromatic carbocycles. The third-order valence-electron chi connectivity index (χ3n) is 2.11. The molecule has 2 aromatic rings. The van der Waals surface area contributed by atoms with Gasteiger partial charge in [-0.1, -0.05) is 0 Å². The molecule has 0 saturated carbocycles. The Balaban J connectivity index is 2.31. The second-order valence-electron chi connectivity index (χ2n) is 3.42. The monoisotopic (exact) mass is 282 g/mol. The van der Waals surface area contributed by atoms with Gasteiger partial charge in [0.15, 0.2) is 0 Å². The minimum atomic E-state index is 0.902. The Labute approximate surface area is 102 Å². The SMILES string of the molecule is CN(C)c1ccc(-c2nc(Br)cs2)cc1. The molecule has 0 spiro atoms. The van der Waals surface area contributed by atoms with Crippen LogP contribution in [0, 0.1) is 0 Å². The Hall–Kier alpha value is -0.870. The van der Waals surface area contributed by atoms with Crippen LogP contribution in [-0.2, 0) is 0 Å². The Bertz CT molecular complexity index is 448. The second-order valence-corrected chi connectivity index (χ2v) is 5.09. The summed E-state index contributed by atoms with van der Waals surface area (Å²) in [5.41, 5.74) is 2.37. The molecule has 0 amide bonds. The Kier molecular flexibility index (Phi) is 3.07. The van der Waals surface area contributed by atoms with Crippen LogP contribution in [0.2, 0.25) is 0 Å². The zero-order valence-corrected chi connectivity index (χ0v) is 11.0. The molecule has 0 aliphatic heterocycles. The molecule has 0 radical (unpaired) electrons. The van der Waals surface area contributed by atoms with Gasteiger partial charge in [0, 0.05) is 30.7 Å². The van der Waals surface area contributed by atoms with E-state index in [1.807, 2.05) is 19.5 Å². The lowest BCUT2D eigenvalue weighted by molar-refractivity contribution is 1.13. The molecular weight excluding hydrogens is 272 g/mol. The largest absolute Gasteiger partial charge is 0.378 e. The van der Waals surface area contributed by atoms with E-state index in [0.29, 0.717) is 0 Å². The highest BCUT2D eigenvalue weighted by atomic mass is 79.9. The van der Waals surface area contributed by atoms with Crippen LogP contribution < -0.4 is 4.90 Å². The zero-order valence-electron chi connectivity index (χ0n) is 8.57. The summed E-state index contributed by atoms with van der Waals surface area (Å²) in [5, 5.41) is 3.04. The number of benzene rings is 1. The van der Waals surface area contributed by atoms with E-state index < -0.39 is 0 Å². The fraction of sp³-hybridized carbons (Fsp3) is 0.182. The molecule has 78 valence electrons. The normalized spacial score (nSPS) is 10.3. The minimum Gasteiger partial charge on any atom is -0.378 e. The van der Waals surface area contributed by atoms with Gasteiger partial charge in [0.05, 0.1) is 0 Å². The van der Waals surface area contributed by atoms with Gasteiger partial charge in [-0.25, -0.2) is 4.98 Å². The molecule has 4 heteroatoms. The van der Waals surface area contributed by atoms with Crippen LogP contribution in [0.5, 0.6) is 0 Å². The van der Waals surface area contributed by atoms with Crippen LogP contribution in [-0.4, -0.2) is 19.1 Å². The van der Waals surface area contributed by atoms with Gasteiger partial charge in [-0.3, -0.25) is 0 Å². The summed E-state index contributed by atoms with van der Waals surface area (Å²) in [5.74, 6) is 0. The minimum absolute atomic E-state index is 0.902. The number of halogens is 1. The van der Waals surface area contributed by atoms with Crippen LogP contribution in [0.15, 0.2) is 34.2 Å². The summed E-state index contributed by atoms with van der Waals surface area (Å²) in [4.78, 5) is 6.46. The molecule has 1 heterocycles. The van der Waals surface area contributed by atoms with E-state index in [1.165, 1.54) is 5.69 Å². The van der Waals surface area contributed by atoms with Crippen molar-refractivity contribution in [2.24, 2.45) is 0 Å². The van der Waals surface area contributed by atoms with Gasteiger partial charge in [-0.2, -0.15) is 0 Å². The Morgan fingerprint density at radius 3 is 2.33 bits per heavy atom. The standard InChI is InChI=1S/C11H11BrN2S/c1-14(2)9-5-3-8(4-6-9)11-13-10(12)7-15-11/h3-7H,1-2H3. The molecule has 1 aromatic heterocycles. The van der Waals surface area contributed by atoms with Gasteiger partial charge in [-0.05, 0) is 40.2 Å². The van der Waals surface area contributed by atoms with Crippen LogP contribution in [0.25, 0.3) is 10.6 Å². The molecule has 0 atom stereocenters. The average molecular weight is 283 g/mol. The first-order valence-corrected chi connectivity index (χ1v) is 6.23. The predicted octanol–water partition coefficient (Wildman–Crippen LogP) is 3.64. The summed E-state index contributed by atoms with van der Waals surface area (Å²) in [6.07, 6.45) is 0. The van der Waals surface area contributed by atoms with Crippen LogP contribution in [0.3, 0.4) is 0 Å². The maximum Gasteiger partial charge on any atom is 0.124 e.